The van der Waals surface area contributed by atoms with E-state index in [0.717, 1.165) is 25.9 Å². The van der Waals surface area contributed by atoms with Crippen molar-refractivity contribution in [1.29, 1.82) is 0 Å². The fraction of sp³-hybridized carbons (Fsp3) is 0.611. The summed E-state index contributed by atoms with van der Waals surface area (Å²) >= 11 is 0. The van der Waals surface area contributed by atoms with Gasteiger partial charge in [-0.15, -0.1) is 0 Å². The first-order valence-corrected chi connectivity index (χ1v) is 8.04. The highest BCUT2D eigenvalue weighted by molar-refractivity contribution is 5.68. The van der Waals surface area contributed by atoms with Crippen molar-refractivity contribution in [3.8, 4) is 0 Å². The standard InChI is InChI=1S/C18H28N2O2/c1-18(2,3)22-17(21)19-16-10-15(11-16)13-20(4)12-14-8-6-5-7-9-14/h5-9,15-16H,10-13H2,1-4H3,(H,19,21). The van der Waals surface area contributed by atoms with Crippen LogP contribution in [0.2, 0.25) is 0 Å². The molecule has 1 saturated carbocycles. The van der Waals surface area contributed by atoms with Gasteiger partial charge in [-0.3, -0.25) is 0 Å². The minimum atomic E-state index is -0.427. The number of ether oxygens (including phenoxy) is 1. The number of amides is 1. The van der Waals surface area contributed by atoms with Crippen molar-refractivity contribution < 1.29 is 9.53 Å². The maximum absolute atomic E-state index is 11.7. The van der Waals surface area contributed by atoms with Crippen molar-refractivity contribution >= 4 is 6.09 Å². The summed E-state index contributed by atoms with van der Waals surface area (Å²) in [4.78, 5) is 14.0. The van der Waals surface area contributed by atoms with Crippen molar-refractivity contribution in [3.63, 3.8) is 0 Å². The third-order valence-electron chi connectivity index (χ3n) is 3.82. The van der Waals surface area contributed by atoms with E-state index < -0.39 is 5.60 Å². The Balaban J connectivity index is 1.64. The molecular weight excluding hydrogens is 276 g/mol. The van der Waals surface area contributed by atoms with Crippen LogP contribution in [-0.2, 0) is 11.3 Å². The molecule has 1 amide bonds. The number of carbonyl (C=O) groups excluding carboxylic acids is 1. The van der Waals surface area contributed by atoms with Gasteiger partial charge in [0, 0.05) is 19.1 Å². The monoisotopic (exact) mass is 304 g/mol. The number of carbonyl (C=O) groups is 1. The van der Waals surface area contributed by atoms with E-state index in [1.807, 2.05) is 26.8 Å². The summed E-state index contributed by atoms with van der Waals surface area (Å²) in [6.07, 6.45) is 1.78. The zero-order valence-electron chi connectivity index (χ0n) is 14.1. The van der Waals surface area contributed by atoms with Crippen molar-refractivity contribution in [3.05, 3.63) is 35.9 Å². The van der Waals surface area contributed by atoms with E-state index in [-0.39, 0.29) is 12.1 Å². The van der Waals surface area contributed by atoms with Gasteiger partial charge >= 0.3 is 6.09 Å². The van der Waals surface area contributed by atoms with Gasteiger partial charge in [0.1, 0.15) is 5.60 Å². The lowest BCUT2D eigenvalue weighted by Gasteiger charge is -2.38. The van der Waals surface area contributed by atoms with Crippen LogP contribution in [0.1, 0.15) is 39.2 Å². The summed E-state index contributed by atoms with van der Waals surface area (Å²) in [5, 5.41) is 2.95. The second kappa shape index (κ2) is 7.14. The minimum absolute atomic E-state index is 0.268. The lowest BCUT2D eigenvalue weighted by atomic mass is 9.80. The minimum Gasteiger partial charge on any atom is -0.444 e. The van der Waals surface area contributed by atoms with Gasteiger partial charge in [-0.1, -0.05) is 30.3 Å². The molecule has 4 heteroatoms. The number of benzene rings is 1. The SMILES string of the molecule is CN(Cc1ccccc1)CC1CC(NC(=O)OC(C)(C)C)C1. The number of hydrogen-bond acceptors (Lipinski definition) is 3. The van der Waals surface area contributed by atoms with Gasteiger partial charge in [0.15, 0.2) is 0 Å². The van der Waals surface area contributed by atoms with E-state index in [1.165, 1.54) is 5.56 Å². The number of alkyl carbamates (subject to hydrolysis) is 1. The Labute approximate surface area is 133 Å². The van der Waals surface area contributed by atoms with Crippen molar-refractivity contribution in [1.82, 2.24) is 10.2 Å². The van der Waals surface area contributed by atoms with Crippen LogP contribution in [-0.4, -0.2) is 36.2 Å². The van der Waals surface area contributed by atoms with Crippen LogP contribution in [0.5, 0.6) is 0 Å². The molecule has 0 heterocycles. The number of nitrogens with zero attached hydrogens (tertiary/aromatic N) is 1. The Hall–Kier alpha value is -1.55. The molecule has 0 atom stereocenters. The largest absolute Gasteiger partial charge is 0.444 e. The molecule has 0 radical (unpaired) electrons. The van der Waals surface area contributed by atoms with Gasteiger partial charge < -0.3 is 15.0 Å². The Bertz CT molecular complexity index is 476. The van der Waals surface area contributed by atoms with Crippen LogP contribution >= 0.6 is 0 Å². The summed E-state index contributed by atoms with van der Waals surface area (Å²) < 4.78 is 5.28. The Morgan fingerprint density at radius 2 is 1.91 bits per heavy atom. The zero-order chi connectivity index (χ0) is 16.2. The number of nitrogens with one attached hydrogen (secondary N) is 1. The molecular formula is C18H28N2O2. The molecule has 0 aliphatic heterocycles. The molecule has 4 nitrogen and oxygen atoms in total. The molecule has 2 rings (SSSR count). The smallest absolute Gasteiger partial charge is 0.407 e. The molecule has 1 aliphatic carbocycles. The third kappa shape index (κ3) is 5.68. The molecule has 1 aliphatic rings. The molecule has 0 unspecified atom stereocenters. The van der Waals surface area contributed by atoms with Gasteiger partial charge in [0.25, 0.3) is 0 Å². The van der Waals surface area contributed by atoms with E-state index in [9.17, 15) is 4.79 Å². The first kappa shape index (κ1) is 16.8. The quantitative estimate of drug-likeness (QED) is 0.906. The predicted molar refractivity (Wildman–Crippen MR) is 88.7 cm³/mol. The highest BCUT2D eigenvalue weighted by Gasteiger charge is 2.32. The maximum Gasteiger partial charge on any atom is 0.407 e. The van der Waals surface area contributed by atoms with Crippen LogP contribution in [0.25, 0.3) is 0 Å². The molecule has 1 aromatic rings. The van der Waals surface area contributed by atoms with E-state index in [2.05, 4.69) is 41.5 Å². The summed E-state index contributed by atoms with van der Waals surface area (Å²) in [6.45, 7) is 7.70. The third-order valence-corrected chi connectivity index (χ3v) is 3.82. The molecule has 22 heavy (non-hydrogen) atoms. The summed E-state index contributed by atoms with van der Waals surface area (Å²) in [7, 11) is 2.15. The topological polar surface area (TPSA) is 41.6 Å². The molecule has 122 valence electrons. The number of hydrogen-bond donors (Lipinski definition) is 1. The molecule has 0 saturated heterocycles. The summed E-state index contributed by atoms with van der Waals surface area (Å²) in [5.41, 5.74) is 0.913. The first-order chi connectivity index (χ1) is 10.3. The van der Waals surface area contributed by atoms with Crippen molar-refractivity contribution in [2.45, 2.75) is 51.8 Å². The predicted octanol–water partition coefficient (Wildman–Crippen LogP) is 3.42. The van der Waals surface area contributed by atoms with Crippen molar-refractivity contribution in [2.75, 3.05) is 13.6 Å². The van der Waals surface area contributed by atoms with Gasteiger partial charge in [-0.25, -0.2) is 4.79 Å². The highest BCUT2D eigenvalue weighted by Crippen LogP contribution is 2.28. The van der Waals surface area contributed by atoms with Crippen molar-refractivity contribution in [2.24, 2.45) is 5.92 Å². The molecule has 0 spiro atoms. The van der Waals surface area contributed by atoms with Crippen LogP contribution in [0, 0.1) is 5.92 Å². The summed E-state index contributed by atoms with van der Waals surface area (Å²) in [6, 6.07) is 10.8. The van der Waals surface area contributed by atoms with E-state index in [1.54, 1.807) is 0 Å². The fourth-order valence-electron chi connectivity index (χ4n) is 2.88. The number of rotatable bonds is 5. The molecule has 1 fully saturated rings. The van der Waals surface area contributed by atoms with Gasteiger partial charge in [-0.2, -0.15) is 0 Å². The van der Waals surface area contributed by atoms with E-state index in [4.69, 9.17) is 4.74 Å². The van der Waals surface area contributed by atoms with Crippen LogP contribution < -0.4 is 5.32 Å². The average Bonchev–Trinajstić information content (AvgIpc) is 2.35. The van der Waals surface area contributed by atoms with Gasteiger partial charge in [0.2, 0.25) is 0 Å². The lowest BCUT2D eigenvalue weighted by Crippen LogP contribution is -2.48. The Morgan fingerprint density at radius 1 is 1.27 bits per heavy atom. The van der Waals surface area contributed by atoms with E-state index >= 15 is 0 Å². The van der Waals surface area contributed by atoms with Gasteiger partial charge in [0.05, 0.1) is 0 Å². The lowest BCUT2D eigenvalue weighted by molar-refractivity contribution is 0.0438. The summed E-state index contributed by atoms with van der Waals surface area (Å²) in [5.74, 6) is 0.661. The molecule has 0 bridgehead atoms. The van der Waals surface area contributed by atoms with E-state index in [0.29, 0.717) is 5.92 Å². The molecule has 1 aromatic carbocycles. The molecule has 0 aromatic heterocycles. The maximum atomic E-state index is 11.7. The zero-order valence-corrected chi connectivity index (χ0v) is 14.1. The highest BCUT2D eigenvalue weighted by atomic mass is 16.6. The fourth-order valence-corrected chi connectivity index (χ4v) is 2.88. The second-order valence-electron chi connectivity index (χ2n) is 7.36. The Kier molecular flexibility index (Phi) is 5.46. The second-order valence-corrected chi connectivity index (χ2v) is 7.36. The Morgan fingerprint density at radius 3 is 2.50 bits per heavy atom. The first-order valence-electron chi connectivity index (χ1n) is 8.04. The van der Waals surface area contributed by atoms with Crippen LogP contribution in [0.15, 0.2) is 30.3 Å². The van der Waals surface area contributed by atoms with Crippen LogP contribution in [0.4, 0.5) is 4.79 Å². The molecule has 1 N–H and O–H groups in total. The van der Waals surface area contributed by atoms with Gasteiger partial charge in [-0.05, 0) is 52.1 Å². The van der Waals surface area contributed by atoms with Crippen LogP contribution in [0.3, 0.4) is 0 Å². The average molecular weight is 304 g/mol. The normalized spacial score (nSPS) is 21.3.